The molecule has 0 fully saturated rings. The van der Waals surface area contributed by atoms with Gasteiger partial charge in [-0.2, -0.15) is 0 Å². The minimum absolute atomic E-state index is 0.833. The highest BCUT2D eigenvalue weighted by Gasteiger charge is 2.11. The second kappa shape index (κ2) is 14.6. The van der Waals surface area contributed by atoms with Crippen LogP contribution in [0.3, 0.4) is 0 Å². The maximum Gasteiger partial charge on any atom is 0.175 e. The molecule has 3 rings (SSSR count). The Morgan fingerprint density at radius 1 is 0.688 bits per heavy atom. The molecule has 0 spiro atoms. The van der Waals surface area contributed by atoms with E-state index in [1.54, 1.807) is 22.7 Å². The van der Waals surface area contributed by atoms with Crippen molar-refractivity contribution in [2.75, 3.05) is 6.61 Å². The number of aryl methyl sites for hydroxylation is 1. The first-order valence-electron chi connectivity index (χ1n) is 12.8. The number of unbranched alkanes of at least 4 members (excludes halogenated alkanes) is 11. The molecule has 3 aromatic rings. The van der Waals surface area contributed by atoms with E-state index in [0.29, 0.717) is 0 Å². The molecule has 5 heteroatoms. The van der Waals surface area contributed by atoms with Crippen LogP contribution in [0.4, 0.5) is 0 Å². The molecule has 0 radical (unpaired) electrons. The van der Waals surface area contributed by atoms with Crippen LogP contribution in [0.25, 0.3) is 20.1 Å². The fourth-order valence-electron chi connectivity index (χ4n) is 3.95. The Kier molecular flexibility index (Phi) is 11.5. The predicted molar refractivity (Wildman–Crippen MR) is 141 cm³/mol. The van der Waals surface area contributed by atoms with E-state index in [-0.39, 0.29) is 0 Å². The van der Waals surface area contributed by atoms with Crippen molar-refractivity contribution in [1.82, 2.24) is 9.97 Å². The molecular weight excluding hydrogens is 432 g/mol. The Balaban J connectivity index is 1.37. The number of aromatic nitrogens is 2. The quantitative estimate of drug-likeness (QED) is 0.183. The fourth-order valence-corrected chi connectivity index (χ4v) is 6.15. The number of fused-ring (bicyclic) bond motifs is 1. The summed E-state index contributed by atoms with van der Waals surface area (Å²) < 4.78 is 8.57. The lowest BCUT2D eigenvalue weighted by atomic mass is 10.1. The van der Waals surface area contributed by atoms with E-state index in [0.717, 1.165) is 35.2 Å². The summed E-state index contributed by atoms with van der Waals surface area (Å²) in [6, 6.07) is 4.40. The summed E-state index contributed by atoms with van der Waals surface area (Å²) in [6.45, 7) is 5.36. The van der Waals surface area contributed by atoms with E-state index in [1.165, 1.54) is 92.0 Å². The Bertz CT molecular complexity index is 853. The summed E-state index contributed by atoms with van der Waals surface area (Å²) >= 11 is 3.51. The van der Waals surface area contributed by atoms with Crippen LogP contribution in [-0.2, 0) is 6.42 Å². The summed E-state index contributed by atoms with van der Waals surface area (Å²) in [5.74, 6) is 0.841. The van der Waals surface area contributed by atoms with Crippen molar-refractivity contribution >= 4 is 32.1 Å². The van der Waals surface area contributed by atoms with Crippen LogP contribution in [0.5, 0.6) is 5.06 Å². The molecule has 176 valence electrons. The van der Waals surface area contributed by atoms with E-state index >= 15 is 0 Å². The molecule has 0 aromatic carbocycles. The van der Waals surface area contributed by atoms with Gasteiger partial charge in [-0.25, -0.2) is 9.97 Å². The van der Waals surface area contributed by atoms with E-state index in [1.807, 2.05) is 12.4 Å². The third-order valence-electron chi connectivity index (χ3n) is 5.92. The van der Waals surface area contributed by atoms with Gasteiger partial charge in [-0.1, -0.05) is 95.8 Å². The van der Waals surface area contributed by atoms with Gasteiger partial charge in [0, 0.05) is 27.9 Å². The number of thiophene rings is 2. The van der Waals surface area contributed by atoms with Gasteiger partial charge in [-0.05, 0) is 30.9 Å². The van der Waals surface area contributed by atoms with Gasteiger partial charge in [-0.3, -0.25) is 0 Å². The number of rotatable bonds is 17. The highest BCUT2D eigenvalue weighted by Crippen LogP contribution is 2.40. The molecule has 3 nitrogen and oxygen atoms in total. The van der Waals surface area contributed by atoms with Crippen molar-refractivity contribution in [3.8, 4) is 15.8 Å². The summed E-state index contributed by atoms with van der Waals surface area (Å²) in [6.07, 6.45) is 22.3. The van der Waals surface area contributed by atoms with Crippen molar-refractivity contribution < 1.29 is 4.74 Å². The Morgan fingerprint density at radius 3 is 1.94 bits per heavy atom. The SMILES string of the molecule is CCCCCCCCCCCOc1cc2sc(-c3ncc(CCCCCC)cn3)cc2s1. The van der Waals surface area contributed by atoms with Crippen LogP contribution in [0, 0.1) is 0 Å². The fraction of sp³-hybridized carbons (Fsp3) is 0.630. The molecule has 0 unspecified atom stereocenters. The molecule has 0 aliphatic rings. The first-order valence-corrected chi connectivity index (χ1v) is 14.4. The molecule has 3 heterocycles. The summed E-state index contributed by atoms with van der Waals surface area (Å²) in [7, 11) is 0. The first-order chi connectivity index (χ1) is 15.8. The molecule has 0 saturated carbocycles. The molecule has 0 amide bonds. The van der Waals surface area contributed by atoms with Crippen LogP contribution in [-0.4, -0.2) is 16.6 Å². The third-order valence-corrected chi connectivity index (χ3v) is 8.12. The van der Waals surface area contributed by atoms with Crippen molar-refractivity contribution in [2.45, 2.75) is 104 Å². The number of hydrogen-bond donors (Lipinski definition) is 0. The zero-order valence-electron chi connectivity index (χ0n) is 20.0. The largest absolute Gasteiger partial charge is 0.484 e. The molecule has 0 saturated heterocycles. The van der Waals surface area contributed by atoms with Gasteiger partial charge in [0.1, 0.15) is 0 Å². The normalized spacial score (nSPS) is 11.4. The second-order valence-corrected chi connectivity index (χ2v) is 10.9. The van der Waals surface area contributed by atoms with Gasteiger partial charge in [0.15, 0.2) is 10.9 Å². The van der Waals surface area contributed by atoms with Crippen LogP contribution in [0.15, 0.2) is 24.5 Å². The minimum atomic E-state index is 0.833. The van der Waals surface area contributed by atoms with Crippen molar-refractivity contribution in [3.63, 3.8) is 0 Å². The molecule has 0 N–H and O–H groups in total. The first kappa shape index (κ1) is 25.2. The maximum absolute atomic E-state index is 6.02. The van der Waals surface area contributed by atoms with Crippen LogP contribution in [0.2, 0.25) is 0 Å². The minimum Gasteiger partial charge on any atom is -0.484 e. The number of nitrogens with zero attached hydrogens (tertiary/aromatic N) is 2. The molecule has 32 heavy (non-hydrogen) atoms. The average Bonchev–Trinajstić information content (AvgIpc) is 3.37. The molecule has 3 aromatic heterocycles. The van der Waals surface area contributed by atoms with Crippen LogP contribution < -0.4 is 4.74 Å². The van der Waals surface area contributed by atoms with Crippen LogP contribution in [0.1, 0.15) is 103 Å². The highest BCUT2D eigenvalue weighted by atomic mass is 32.1. The lowest BCUT2D eigenvalue weighted by Gasteiger charge is -2.04. The van der Waals surface area contributed by atoms with Gasteiger partial charge < -0.3 is 4.74 Å². The van der Waals surface area contributed by atoms with Crippen molar-refractivity contribution in [2.24, 2.45) is 0 Å². The number of ether oxygens (including phenoxy) is 1. The summed E-state index contributed by atoms with van der Waals surface area (Å²) in [4.78, 5) is 10.4. The predicted octanol–water partition coefficient (Wildman–Crippen LogP) is 9.45. The van der Waals surface area contributed by atoms with Gasteiger partial charge in [-0.15, -0.1) is 11.3 Å². The Morgan fingerprint density at radius 2 is 1.28 bits per heavy atom. The Hall–Kier alpha value is -1.46. The van der Waals surface area contributed by atoms with Crippen LogP contribution >= 0.6 is 22.7 Å². The highest BCUT2D eigenvalue weighted by molar-refractivity contribution is 7.30. The van der Waals surface area contributed by atoms with Crippen molar-refractivity contribution in [3.05, 3.63) is 30.1 Å². The van der Waals surface area contributed by atoms with E-state index < -0.39 is 0 Å². The average molecular weight is 473 g/mol. The Labute approximate surface area is 202 Å². The smallest absolute Gasteiger partial charge is 0.175 e. The maximum atomic E-state index is 6.02. The summed E-state index contributed by atoms with van der Waals surface area (Å²) in [5.41, 5.74) is 1.25. The molecule has 0 aliphatic carbocycles. The zero-order chi connectivity index (χ0) is 22.4. The molecule has 0 aliphatic heterocycles. The lowest BCUT2D eigenvalue weighted by molar-refractivity contribution is 0.313. The van der Waals surface area contributed by atoms with Gasteiger partial charge in [0.25, 0.3) is 0 Å². The monoisotopic (exact) mass is 472 g/mol. The molecule has 0 bridgehead atoms. The summed E-state index contributed by atoms with van der Waals surface area (Å²) in [5, 5.41) is 1.04. The van der Waals surface area contributed by atoms with Gasteiger partial charge >= 0.3 is 0 Å². The van der Waals surface area contributed by atoms with E-state index in [2.05, 4.69) is 35.9 Å². The molecule has 0 atom stereocenters. The molecular formula is C27H40N2OS2. The topological polar surface area (TPSA) is 35.0 Å². The standard InChI is InChI=1S/C27H40N2OS2/c1-3-5-7-9-10-11-12-13-15-17-30-26-19-24-23(32-26)18-25(31-24)27-28-20-22(21-29-27)16-14-8-6-4-2/h18-21H,3-17H2,1-2H3. The van der Waals surface area contributed by atoms with E-state index in [9.17, 15) is 0 Å². The third kappa shape index (κ3) is 8.47. The second-order valence-electron chi connectivity index (χ2n) is 8.81. The zero-order valence-corrected chi connectivity index (χ0v) is 21.7. The van der Waals surface area contributed by atoms with Gasteiger partial charge in [0.2, 0.25) is 0 Å². The lowest BCUT2D eigenvalue weighted by Crippen LogP contribution is -1.95. The number of hydrogen-bond acceptors (Lipinski definition) is 5. The van der Waals surface area contributed by atoms with E-state index in [4.69, 9.17) is 4.74 Å². The van der Waals surface area contributed by atoms with Gasteiger partial charge in [0.05, 0.1) is 11.5 Å². The van der Waals surface area contributed by atoms with Crippen molar-refractivity contribution in [1.29, 1.82) is 0 Å².